The first-order valence-corrected chi connectivity index (χ1v) is 17.5. The van der Waals surface area contributed by atoms with E-state index < -0.39 is 0 Å². The predicted octanol–water partition coefficient (Wildman–Crippen LogP) is 12.7. The molecular weight excluding hydrogens is 623 g/mol. The van der Waals surface area contributed by atoms with Crippen LogP contribution in [-0.2, 0) is 0 Å². The van der Waals surface area contributed by atoms with Gasteiger partial charge in [-0.1, -0.05) is 83.9 Å². The molecule has 0 saturated carbocycles. The van der Waals surface area contributed by atoms with Crippen molar-refractivity contribution in [2.75, 3.05) is 0 Å². The van der Waals surface area contributed by atoms with Crippen molar-refractivity contribution in [3.05, 3.63) is 172 Å². The van der Waals surface area contributed by atoms with E-state index in [2.05, 4.69) is 122 Å². The normalized spacial score (nSPS) is 10.9. The fourth-order valence-corrected chi connectivity index (χ4v) is 7.61. The number of rotatable bonds is 5. The van der Waals surface area contributed by atoms with Gasteiger partial charge in [-0.2, -0.15) is 0 Å². The van der Waals surface area contributed by atoms with Crippen LogP contribution in [0, 0.1) is 55.4 Å². The van der Waals surface area contributed by atoms with Gasteiger partial charge >= 0.3 is 0 Å². The maximum absolute atomic E-state index is 11.2. The summed E-state index contributed by atoms with van der Waals surface area (Å²) in [5.74, 6) is 0.608. The molecule has 7 aromatic rings. The monoisotopic (exact) mass is 669 g/mol. The van der Waals surface area contributed by atoms with Gasteiger partial charge < -0.3 is 14.8 Å². The zero-order valence-corrected chi connectivity index (χ0v) is 31.0. The third kappa shape index (κ3) is 7.39. The molecular formula is C48H47NO2. The molecule has 3 heteroatoms. The van der Waals surface area contributed by atoms with Crippen molar-refractivity contribution in [1.82, 2.24) is 4.57 Å². The second-order valence-corrected chi connectivity index (χ2v) is 13.9. The molecule has 51 heavy (non-hydrogen) atoms. The summed E-state index contributed by atoms with van der Waals surface area (Å²) in [4.78, 5) is 0. The number of aryl methyl sites for hydroxylation is 8. The molecule has 1 heterocycles. The van der Waals surface area contributed by atoms with Crippen molar-refractivity contribution >= 4 is 0 Å². The molecule has 0 atom stereocenters. The number of hydrogen-bond acceptors (Lipinski definition) is 2. The molecule has 6 aromatic carbocycles. The minimum atomic E-state index is 0.302. The number of phenols is 2. The zero-order chi connectivity index (χ0) is 36.4. The minimum absolute atomic E-state index is 0.302. The van der Waals surface area contributed by atoms with Gasteiger partial charge in [0.15, 0.2) is 0 Å². The van der Waals surface area contributed by atoms with Crippen molar-refractivity contribution < 1.29 is 10.2 Å². The van der Waals surface area contributed by atoms with Crippen LogP contribution in [0.25, 0.3) is 50.2 Å². The van der Waals surface area contributed by atoms with Gasteiger partial charge in [-0.05, 0) is 170 Å². The lowest BCUT2D eigenvalue weighted by Crippen LogP contribution is -1.97. The van der Waals surface area contributed by atoms with Crippen LogP contribution in [0.4, 0.5) is 0 Å². The van der Waals surface area contributed by atoms with Crippen molar-refractivity contribution in [2.24, 2.45) is 0 Å². The maximum atomic E-state index is 11.2. The molecule has 2 N–H and O–H groups in total. The highest BCUT2D eigenvalue weighted by molar-refractivity contribution is 5.85. The Morgan fingerprint density at radius 3 is 1.35 bits per heavy atom. The predicted molar refractivity (Wildman–Crippen MR) is 215 cm³/mol. The Kier molecular flexibility index (Phi) is 10.0. The average molecular weight is 670 g/mol. The van der Waals surface area contributed by atoms with E-state index in [1.54, 1.807) is 0 Å². The first-order valence-electron chi connectivity index (χ1n) is 17.5. The van der Waals surface area contributed by atoms with Gasteiger partial charge in [0.05, 0.1) is 5.69 Å². The highest BCUT2D eigenvalue weighted by Gasteiger charge is 2.17. The zero-order valence-electron chi connectivity index (χ0n) is 31.0. The van der Waals surface area contributed by atoms with E-state index >= 15 is 0 Å². The molecule has 0 unspecified atom stereocenters. The minimum Gasteiger partial charge on any atom is -0.508 e. The Morgan fingerprint density at radius 2 is 0.843 bits per heavy atom. The van der Waals surface area contributed by atoms with Gasteiger partial charge in [0, 0.05) is 18.0 Å². The highest BCUT2D eigenvalue weighted by Crippen LogP contribution is 2.42. The van der Waals surface area contributed by atoms with E-state index in [-0.39, 0.29) is 0 Å². The summed E-state index contributed by atoms with van der Waals surface area (Å²) < 4.78 is 1.97. The van der Waals surface area contributed by atoms with E-state index in [1.165, 1.54) is 50.1 Å². The third-order valence-electron chi connectivity index (χ3n) is 9.71. The molecule has 0 bridgehead atoms. The van der Waals surface area contributed by atoms with Gasteiger partial charge in [-0.15, -0.1) is 0 Å². The first kappa shape index (κ1) is 35.0. The smallest absolute Gasteiger partial charge is 0.147 e. The number of benzene rings is 6. The van der Waals surface area contributed by atoms with Crippen molar-refractivity contribution in [3.8, 4) is 61.7 Å². The van der Waals surface area contributed by atoms with E-state index in [0.29, 0.717) is 11.5 Å². The first-order chi connectivity index (χ1) is 24.4. The third-order valence-corrected chi connectivity index (χ3v) is 9.71. The molecule has 0 fully saturated rings. The average Bonchev–Trinajstić information content (AvgIpc) is 3.60. The molecule has 0 amide bonds. The van der Waals surface area contributed by atoms with Crippen LogP contribution >= 0.6 is 0 Å². The van der Waals surface area contributed by atoms with E-state index in [1.807, 2.05) is 65.5 Å². The standard InChI is InChI=1S/C26H25NO.C22H22O/c1-17-13-19(3)25(20(4)14-17)21-15-23(22-10-6-5-9-18(22)2)26(28)24(16-21)27-11-7-8-12-27;1-14-9-16(3)22(17(4)10-14)19-11-18(12-20(23)13-19)21-8-6-5-7-15(21)2/h5-16,28H,1-4H3;5-13,23H,1-4H3. The lowest BCUT2D eigenvalue weighted by atomic mass is 9.90. The summed E-state index contributed by atoms with van der Waals surface area (Å²) in [6, 6.07) is 39.3. The topological polar surface area (TPSA) is 45.4 Å². The molecule has 0 aliphatic carbocycles. The summed E-state index contributed by atoms with van der Waals surface area (Å²) in [6.45, 7) is 17.0. The summed E-state index contributed by atoms with van der Waals surface area (Å²) in [7, 11) is 0. The van der Waals surface area contributed by atoms with Crippen LogP contribution in [0.15, 0.2) is 128 Å². The highest BCUT2D eigenvalue weighted by atomic mass is 16.3. The number of aromatic hydroxyl groups is 2. The van der Waals surface area contributed by atoms with Crippen LogP contribution in [0.1, 0.15) is 44.5 Å². The summed E-state index contributed by atoms with van der Waals surface area (Å²) in [5.41, 5.74) is 19.4. The van der Waals surface area contributed by atoms with Gasteiger partial charge in [0.1, 0.15) is 11.5 Å². The fourth-order valence-electron chi connectivity index (χ4n) is 7.61. The van der Waals surface area contributed by atoms with Crippen LogP contribution < -0.4 is 0 Å². The van der Waals surface area contributed by atoms with E-state index in [0.717, 1.165) is 44.6 Å². The van der Waals surface area contributed by atoms with Crippen LogP contribution in [0.3, 0.4) is 0 Å². The van der Waals surface area contributed by atoms with Crippen molar-refractivity contribution in [2.45, 2.75) is 55.4 Å². The maximum Gasteiger partial charge on any atom is 0.147 e. The van der Waals surface area contributed by atoms with Crippen molar-refractivity contribution in [3.63, 3.8) is 0 Å². The van der Waals surface area contributed by atoms with Gasteiger partial charge in [-0.3, -0.25) is 0 Å². The molecule has 0 aliphatic heterocycles. The Morgan fingerprint density at radius 1 is 0.392 bits per heavy atom. The lowest BCUT2D eigenvalue weighted by molar-refractivity contribution is 0.474. The SMILES string of the molecule is Cc1cc(C)c(-c2cc(-c3ccccc3C)c(O)c(-n3cccc3)c2)c(C)c1.Cc1cc(C)c(-c2cc(O)cc(-c3ccccc3C)c2)c(C)c1. The quantitative estimate of drug-likeness (QED) is 0.192. The van der Waals surface area contributed by atoms with E-state index in [9.17, 15) is 10.2 Å². The Labute approximate surface area is 303 Å². The largest absolute Gasteiger partial charge is 0.508 e. The Hall–Kier alpha value is -5.80. The summed E-state index contributed by atoms with van der Waals surface area (Å²) >= 11 is 0. The number of phenolic OH excluding ortho intramolecular Hbond substituents is 2. The molecule has 0 aliphatic rings. The van der Waals surface area contributed by atoms with Crippen LogP contribution in [-0.4, -0.2) is 14.8 Å². The molecule has 1 aromatic heterocycles. The molecule has 3 nitrogen and oxygen atoms in total. The Bertz CT molecular complexity index is 2320. The molecule has 0 saturated heterocycles. The fraction of sp³-hybridized carbons (Fsp3) is 0.167. The van der Waals surface area contributed by atoms with Gasteiger partial charge in [0.25, 0.3) is 0 Å². The Balaban J connectivity index is 0.000000179. The summed E-state index contributed by atoms with van der Waals surface area (Å²) in [6.07, 6.45) is 3.94. The van der Waals surface area contributed by atoms with Gasteiger partial charge in [0.2, 0.25) is 0 Å². The van der Waals surface area contributed by atoms with Gasteiger partial charge in [-0.25, -0.2) is 0 Å². The number of aromatic nitrogens is 1. The molecule has 0 spiro atoms. The number of nitrogens with zero attached hydrogens (tertiary/aromatic N) is 1. The molecule has 7 rings (SSSR count). The number of hydrogen-bond donors (Lipinski definition) is 2. The molecule has 0 radical (unpaired) electrons. The molecule has 256 valence electrons. The lowest BCUT2D eigenvalue weighted by Gasteiger charge is -2.18. The summed E-state index contributed by atoms with van der Waals surface area (Å²) in [5, 5.41) is 21.4. The van der Waals surface area contributed by atoms with Crippen molar-refractivity contribution in [1.29, 1.82) is 0 Å². The second-order valence-electron chi connectivity index (χ2n) is 13.9. The van der Waals surface area contributed by atoms with Crippen LogP contribution in [0.2, 0.25) is 0 Å². The van der Waals surface area contributed by atoms with Crippen LogP contribution in [0.5, 0.6) is 11.5 Å². The second kappa shape index (κ2) is 14.6. The van der Waals surface area contributed by atoms with E-state index in [4.69, 9.17) is 0 Å².